The van der Waals surface area contributed by atoms with E-state index >= 15 is 0 Å². The van der Waals surface area contributed by atoms with E-state index in [0.717, 1.165) is 12.2 Å². The first-order valence-corrected chi connectivity index (χ1v) is 6.94. The normalized spacial score (nSPS) is 17.3. The molecule has 0 atom stereocenters. The summed E-state index contributed by atoms with van der Waals surface area (Å²) < 4.78 is 5.31. The van der Waals surface area contributed by atoms with Crippen LogP contribution in [-0.2, 0) is 11.3 Å². The van der Waals surface area contributed by atoms with Crippen LogP contribution in [0.3, 0.4) is 0 Å². The van der Waals surface area contributed by atoms with Crippen LogP contribution in [0.2, 0.25) is 5.15 Å². The van der Waals surface area contributed by atoms with Crippen molar-refractivity contribution in [3.8, 4) is 0 Å². The summed E-state index contributed by atoms with van der Waals surface area (Å²) in [7, 11) is 0. The van der Waals surface area contributed by atoms with Crippen LogP contribution in [0, 0.1) is 0 Å². The maximum absolute atomic E-state index is 6.02. The first kappa shape index (κ1) is 13.6. The van der Waals surface area contributed by atoms with Gasteiger partial charge in [-0.05, 0) is 32.6 Å². The maximum atomic E-state index is 6.02. The topological polar surface area (TPSA) is 47.0 Å². The summed E-state index contributed by atoms with van der Waals surface area (Å²) in [6, 6.07) is 1.78. The zero-order chi connectivity index (χ0) is 13.0. The molecule has 1 aliphatic carbocycles. The van der Waals surface area contributed by atoms with Crippen LogP contribution >= 0.6 is 11.6 Å². The van der Waals surface area contributed by atoms with Crippen molar-refractivity contribution in [3.63, 3.8) is 0 Å². The van der Waals surface area contributed by atoms with Gasteiger partial charge in [-0.2, -0.15) is 0 Å². The maximum Gasteiger partial charge on any atom is 0.158 e. The lowest BCUT2D eigenvalue weighted by Crippen LogP contribution is -2.44. The molecule has 0 aromatic carbocycles. The van der Waals surface area contributed by atoms with Gasteiger partial charge in [0.15, 0.2) is 5.82 Å². The van der Waals surface area contributed by atoms with Crippen LogP contribution in [0.15, 0.2) is 6.07 Å². The van der Waals surface area contributed by atoms with Gasteiger partial charge in [-0.15, -0.1) is 0 Å². The van der Waals surface area contributed by atoms with Gasteiger partial charge < -0.3 is 10.1 Å². The predicted molar refractivity (Wildman–Crippen MR) is 72.9 cm³/mol. The van der Waals surface area contributed by atoms with Crippen LogP contribution in [-0.4, -0.2) is 22.1 Å². The van der Waals surface area contributed by atoms with E-state index in [-0.39, 0.29) is 5.54 Å². The number of rotatable bonds is 6. The summed E-state index contributed by atoms with van der Waals surface area (Å²) >= 11 is 6.02. The minimum Gasteiger partial charge on any atom is -0.374 e. The number of hydrogen-bond donors (Lipinski definition) is 1. The van der Waals surface area contributed by atoms with Gasteiger partial charge in [-0.1, -0.05) is 18.5 Å². The lowest BCUT2D eigenvalue weighted by atomic mass is 9.75. The quantitative estimate of drug-likeness (QED) is 0.804. The van der Waals surface area contributed by atoms with Gasteiger partial charge in [0.05, 0.1) is 0 Å². The standard InChI is InChI=1S/C13H20ClN3O/c1-3-13(6-5-7-13)17-11-8-10(14)15-12(16-11)9-18-4-2/h8H,3-7,9H2,1-2H3,(H,15,16,17). The molecule has 1 aliphatic rings. The Hall–Kier alpha value is -0.870. The molecule has 18 heavy (non-hydrogen) atoms. The summed E-state index contributed by atoms with van der Waals surface area (Å²) in [5.74, 6) is 1.45. The Kier molecular flexibility index (Phi) is 4.40. The molecular formula is C13H20ClN3O. The largest absolute Gasteiger partial charge is 0.374 e. The van der Waals surface area contributed by atoms with E-state index in [1.54, 1.807) is 6.07 Å². The molecule has 1 heterocycles. The second-order valence-corrected chi connectivity index (χ2v) is 5.13. The van der Waals surface area contributed by atoms with Crippen molar-refractivity contribution < 1.29 is 4.74 Å². The Balaban J connectivity index is 2.09. The average molecular weight is 270 g/mol. The van der Waals surface area contributed by atoms with Gasteiger partial charge in [0.1, 0.15) is 17.6 Å². The lowest BCUT2D eigenvalue weighted by Gasteiger charge is -2.42. The fourth-order valence-corrected chi connectivity index (χ4v) is 2.43. The second kappa shape index (κ2) is 5.85. The van der Waals surface area contributed by atoms with Crippen LogP contribution in [0.1, 0.15) is 45.4 Å². The summed E-state index contributed by atoms with van der Waals surface area (Å²) in [6.45, 7) is 5.21. The first-order chi connectivity index (χ1) is 8.67. The minimum atomic E-state index is 0.209. The predicted octanol–water partition coefficient (Wildman–Crippen LogP) is 3.41. The third-order valence-electron chi connectivity index (χ3n) is 3.56. The lowest BCUT2D eigenvalue weighted by molar-refractivity contribution is 0.128. The van der Waals surface area contributed by atoms with E-state index < -0.39 is 0 Å². The Labute approximate surface area is 113 Å². The minimum absolute atomic E-state index is 0.209. The number of aromatic nitrogens is 2. The molecule has 0 spiro atoms. The Morgan fingerprint density at radius 1 is 1.39 bits per heavy atom. The summed E-state index contributed by atoms with van der Waals surface area (Å²) in [4.78, 5) is 8.61. The van der Waals surface area contributed by atoms with Crippen molar-refractivity contribution in [1.82, 2.24) is 9.97 Å². The smallest absolute Gasteiger partial charge is 0.158 e. The van der Waals surface area contributed by atoms with Gasteiger partial charge in [-0.25, -0.2) is 9.97 Å². The Morgan fingerprint density at radius 3 is 2.72 bits per heavy atom. The molecule has 0 saturated heterocycles. The highest BCUT2D eigenvalue weighted by Gasteiger charge is 2.35. The van der Waals surface area contributed by atoms with Crippen molar-refractivity contribution in [1.29, 1.82) is 0 Å². The third kappa shape index (κ3) is 3.12. The molecule has 1 N–H and O–H groups in total. The number of hydrogen-bond acceptors (Lipinski definition) is 4. The number of ether oxygens (including phenoxy) is 1. The zero-order valence-corrected chi connectivity index (χ0v) is 11.8. The monoisotopic (exact) mass is 269 g/mol. The summed E-state index contributed by atoms with van der Waals surface area (Å²) in [6.07, 6.45) is 4.79. The highest BCUT2D eigenvalue weighted by molar-refractivity contribution is 6.29. The van der Waals surface area contributed by atoms with Gasteiger partial charge >= 0.3 is 0 Å². The molecule has 1 saturated carbocycles. The van der Waals surface area contributed by atoms with Crippen molar-refractivity contribution >= 4 is 17.4 Å². The fraction of sp³-hybridized carbons (Fsp3) is 0.692. The molecule has 0 amide bonds. The van der Waals surface area contributed by atoms with Crippen LogP contribution in [0.4, 0.5) is 5.82 Å². The van der Waals surface area contributed by atoms with Gasteiger partial charge in [-0.3, -0.25) is 0 Å². The first-order valence-electron chi connectivity index (χ1n) is 6.57. The molecule has 1 aromatic heterocycles. The molecule has 0 bridgehead atoms. The third-order valence-corrected chi connectivity index (χ3v) is 3.75. The van der Waals surface area contributed by atoms with Gasteiger partial charge in [0, 0.05) is 18.2 Å². The highest BCUT2D eigenvalue weighted by atomic mass is 35.5. The number of nitrogens with one attached hydrogen (secondary N) is 1. The van der Waals surface area contributed by atoms with E-state index in [4.69, 9.17) is 16.3 Å². The highest BCUT2D eigenvalue weighted by Crippen LogP contribution is 2.37. The molecular weight excluding hydrogens is 250 g/mol. The van der Waals surface area contributed by atoms with E-state index in [9.17, 15) is 0 Å². The Morgan fingerprint density at radius 2 is 2.17 bits per heavy atom. The van der Waals surface area contributed by atoms with Crippen molar-refractivity contribution in [2.45, 2.75) is 51.7 Å². The van der Waals surface area contributed by atoms with Gasteiger partial charge in [0.2, 0.25) is 0 Å². The van der Waals surface area contributed by atoms with Crippen molar-refractivity contribution in [2.24, 2.45) is 0 Å². The average Bonchev–Trinajstić information content (AvgIpc) is 2.30. The fourth-order valence-electron chi connectivity index (χ4n) is 2.23. The Bertz CT molecular complexity index is 402. The summed E-state index contributed by atoms with van der Waals surface area (Å²) in [5, 5.41) is 3.97. The van der Waals surface area contributed by atoms with E-state index in [1.165, 1.54) is 19.3 Å². The molecule has 5 heteroatoms. The molecule has 1 aromatic rings. The number of nitrogens with zero attached hydrogens (tertiary/aromatic N) is 2. The molecule has 0 radical (unpaired) electrons. The molecule has 2 rings (SSSR count). The second-order valence-electron chi connectivity index (χ2n) is 4.74. The van der Waals surface area contributed by atoms with E-state index in [0.29, 0.717) is 24.2 Å². The van der Waals surface area contributed by atoms with E-state index in [2.05, 4.69) is 22.2 Å². The van der Waals surface area contributed by atoms with Crippen molar-refractivity contribution in [2.75, 3.05) is 11.9 Å². The zero-order valence-electron chi connectivity index (χ0n) is 11.0. The number of anilines is 1. The van der Waals surface area contributed by atoms with Crippen LogP contribution in [0.5, 0.6) is 0 Å². The van der Waals surface area contributed by atoms with Crippen molar-refractivity contribution in [3.05, 3.63) is 17.0 Å². The van der Waals surface area contributed by atoms with E-state index in [1.807, 2.05) is 6.92 Å². The van der Waals surface area contributed by atoms with Crippen LogP contribution in [0.25, 0.3) is 0 Å². The van der Waals surface area contributed by atoms with Crippen LogP contribution < -0.4 is 5.32 Å². The molecule has 1 fully saturated rings. The molecule has 0 aliphatic heterocycles. The molecule has 0 unspecified atom stereocenters. The van der Waals surface area contributed by atoms with Gasteiger partial charge in [0.25, 0.3) is 0 Å². The molecule has 100 valence electrons. The number of halogens is 1. The summed E-state index contributed by atoms with van der Waals surface area (Å²) in [5.41, 5.74) is 0.209. The molecule has 4 nitrogen and oxygen atoms in total. The SMILES string of the molecule is CCOCc1nc(Cl)cc(NC2(CC)CCC2)n1.